The summed E-state index contributed by atoms with van der Waals surface area (Å²) in [5.41, 5.74) is 5.61. The van der Waals surface area contributed by atoms with E-state index >= 15 is 0 Å². The second-order valence-electron chi connectivity index (χ2n) is 2.93. The van der Waals surface area contributed by atoms with Crippen LogP contribution in [0.3, 0.4) is 0 Å². The second kappa shape index (κ2) is 2.64. The molecule has 4 nitrogen and oxygen atoms in total. The molecule has 1 fully saturated rings. The minimum atomic E-state index is 0.359. The molecule has 1 aromatic rings. The van der Waals surface area contributed by atoms with Crippen LogP contribution >= 0.6 is 0 Å². The predicted octanol–water partition coefficient (Wildman–Crippen LogP) is -0.183. The Balaban J connectivity index is 1.84. The molecule has 0 amide bonds. The standard InChI is InChI=1S/C7H11N3O/c8-6-3-10(4-6)5-7-1-2-9-11-7/h1-2,6H,3-5,8H2. The molecule has 1 aliphatic rings. The zero-order valence-corrected chi connectivity index (χ0v) is 6.23. The van der Waals surface area contributed by atoms with Crippen molar-refractivity contribution in [2.75, 3.05) is 13.1 Å². The summed E-state index contributed by atoms with van der Waals surface area (Å²) >= 11 is 0. The molecule has 0 bridgehead atoms. The van der Waals surface area contributed by atoms with E-state index in [9.17, 15) is 0 Å². The van der Waals surface area contributed by atoms with Gasteiger partial charge in [-0.25, -0.2) is 0 Å². The number of aromatic nitrogens is 1. The van der Waals surface area contributed by atoms with E-state index in [0.29, 0.717) is 6.04 Å². The fourth-order valence-electron chi connectivity index (χ4n) is 1.28. The summed E-state index contributed by atoms with van der Waals surface area (Å²) in [6.07, 6.45) is 1.66. The fraction of sp³-hybridized carbons (Fsp3) is 0.571. The molecular weight excluding hydrogens is 142 g/mol. The van der Waals surface area contributed by atoms with Crippen molar-refractivity contribution in [3.63, 3.8) is 0 Å². The van der Waals surface area contributed by atoms with Crippen molar-refractivity contribution in [1.29, 1.82) is 0 Å². The predicted molar refractivity (Wildman–Crippen MR) is 39.8 cm³/mol. The van der Waals surface area contributed by atoms with Gasteiger partial charge in [0.2, 0.25) is 0 Å². The Kier molecular flexibility index (Phi) is 1.63. The van der Waals surface area contributed by atoms with Crippen molar-refractivity contribution in [3.05, 3.63) is 18.0 Å². The molecule has 60 valence electrons. The number of likely N-dealkylation sites (tertiary alicyclic amines) is 1. The van der Waals surface area contributed by atoms with Gasteiger partial charge in [0.15, 0.2) is 5.76 Å². The Morgan fingerprint density at radius 1 is 1.73 bits per heavy atom. The first-order valence-corrected chi connectivity index (χ1v) is 3.72. The lowest BCUT2D eigenvalue weighted by molar-refractivity contribution is 0.127. The maximum atomic E-state index is 5.61. The second-order valence-corrected chi connectivity index (χ2v) is 2.93. The summed E-state index contributed by atoms with van der Waals surface area (Å²) in [6.45, 7) is 2.79. The monoisotopic (exact) mass is 153 g/mol. The molecule has 0 aromatic carbocycles. The van der Waals surface area contributed by atoms with Crippen molar-refractivity contribution >= 4 is 0 Å². The van der Waals surface area contributed by atoms with Crippen molar-refractivity contribution in [2.45, 2.75) is 12.6 Å². The molecule has 0 spiro atoms. The molecule has 0 unspecified atom stereocenters. The fourth-order valence-corrected chi connectivity index (χ4v) is 1.28. The van der Waals surface area contributed by atoms with Crippen molar-refractivity contribution in [1.82, 2.24) is 10.1 Å². The SMILES string of the molecule is NC1CN(Cc2ccno2)C1. The van der Waals surface area contributed by atoms with Gasteiger partial charge in [-0.2, -0.15) is 0 Å². The molecule has 0 aliphatic carbocycles. The maximum Gasteiger partial charge on any atom is 0.150 e. The molecule has 0 saturated carbocycles. The highest BCUT2D eigenvalue weighted by Crippen LogP contribution is 2.10. The van der Waals surface area contributed by atoms with E-state index in [1.54, 1.807) is 6.20 Å². The van der Waals surface area contributed by atoms with Crippen LogP contribution in [0.4, 0.5) is 0 Å². The van der Waals surface area contributed by atoms with Crippen LogP contribution in [0.1, 0.15) is 5.76 Å². The molecule has 2 heterocycles. The molecule has 1 aromatic heterocycles. The third-order valence-electron chi connectivity index (χ3n) is 1.86. The first-order valence-electron chi connectivity index (χ1n) is 3.72. The molecule has 11 heavy (non-hydrogen) atoms. The normalized spacial score (nSPS) is 20.1. The van der Waals surface area contributed by atoms with Crippen LogP contribution in [-0.4, -0.2) is 29.2 Å². The van der Waals surface area contributed by atoms with E-state index in [-0.39, 0.29) is 0 Å². The molecular formula is C7H11N3O. The van der Waals surface area contributed by atoms with Gasteiger partial charge in [-0.05, 0) is 0 Å². The van der Waals surface area contributed by atoms with Gasteiger partial charge >= 0.3 is 0 Å². The molecule has 2 N–H and O–H groups in total. The van der Waals surface area contributed by atoms with Crippen LogP contribution < -0.4 is 5.73 Å². The van der Waals surface area contributed by atoms with Gasteiger partial charge in [0.05, 0.1) is 12.7 Å². The summed E-state index contributed by atoms with van der Waals surface area (Å²) in [7, 11) is 0. The van der Waals surface area contributed by atoms with Crippen LogP contribution in [-0.2, 0) is 6.54 Å². The molecule has 1 saturated heterocycles. The van der Waals surface area contributed by atoms with E-state index in [1.165, 1.54) is 0 Å². The van der Waals surface area contributed by atoms with Gasteiger partial charge < -0.3 is 10.3 Å². The van der Waals surface area contributed by atoms with Gasteiger partial charge in [0, 0.05) is 25.2 Å². The number of nitrogens with zero attached hydrogens (tertiary/aromatic N) is 2. The highest BCUT2D eigenvalue weighted by molar-refractivity contribution is 4.95. The highest BCUT2D eigenvalue weighted by Gasteiger charge is 2.23. The lowest BCUT2D eigenvalue weighted by atomic mass is 10.1. The van der Waals surface area contributed by atoms with E-state index < -0.39 is 0 Å². The number of hydrogen-bond donors (Lipinski definition) is 1. The summed E-state index contributed by atoms with van der Waals surface area (Å²) < 4.78 is 4.94. The van der Waals surface area contributed by atoms with Gasteiger partial charge in [0.25, 0.3) is 0 Å². The zero-order valence-electron chi connectivity index (χ0n) is 6.23. The largest absolute Gasteiger partial charge is 0.360 e. The topological polar surface area (TPSA) is 55.3 Å². The molecule has 0 radical (unpaired) electrons. The van der Waals surface area contributed by atoms with Gasteiger partial charge in [-0.3, -0.25) is 4.90 Å². The Bertz CT molecular complexity index is 216. The zero-order chi connectivity index (χ0) is 7.68. The minimum absolute atomic E-state index is 0.359. The van der Waals surface area contributed by atoms with Gasteiger partial charge in [-0.1, -0.05) is 5.16 Å². The third-order valence-corrected chi connectivity index (χ3v) is 1.86. The average molecular weight is 153 g/mol. The molecule has 4 heteroatoms. The lowest BCUT2D eigenvalue weighted by Crippen LogP contribution is -2.54. The van der Waals surface area contributed by atoms with Gasteiger partial charge in [0.1, 0.15) is 0 Å². The number of nitrogens with two attached hydrogens (primary N) is 1. The van der Waals surface area contributed by atoms with Crippen molar-refractivity contribution < 1.29 is 4.52 Å². The maximum absolute atomic E-state index is 5.61. The Labute approximate surface area is 65.0 Å². The number of hydrogen-bond acceptors (Lipinski definition) is 4. The summed E-state index contributed by atoms with van der Waals surface area (Å²) in [5, 5.41) is 3.62. The lowest BCUT2D eigenvalue weighted by Gasteiger charge is -2.35. The van der Waals surface area contributed by atoms with Crippen LogP contribution in [0.15, 0.2) is 16.8 Å². The first kappa shape index (κ1) is 6.82. The Hall–Kier alpha value is -0.870. The van der Waals surface area contributed by atoms with Crippen molar-refractivity contribution in [3.8, 4) is 0 Å². The minimum Gasteiger partial charge on any atom is -0.360 e. The number of rotatable bonds is 2. The van der Waals surface area contributed by atoms with E-state index in [0.717, 1.165) is 25.4 Å². The summed E-state index contributed by atoms with van der Waals surface area (Å²) in [4.78, 5) is 2.23. The van der Waals surface area contributed by atoms with Gasteiger partial charge in [-0.15, -0.1) is 0 Å². The smallest absolute Gasteiger partial charge is 0.150 e. The third kappa shape index (κ3) is 1.41. The average Bonchev–Trinajstić information content (AvgIpc) is 2.36. The Morgan fingerprint density at radius 3 is 3.09 bits per heavy atom. The van der Waals surface area contributed by atoms with E-state index in [1.807, 2.05) is 6.07 Å². The summed E-state index contributed by atoms with van der Waals surface area (Å²) in [5.74, 6) is 0.914. The van der Waals surface area contributed by atoms with Crippen LogP contribution in [0, 0.1) is 0 Å². The first-order chi connectivity index (χ1) is 5.34. The van der Waals surface area contributed by atoms with Crippen molar-refractivity contribution in [2.24, 2.45) is 5.73 Å². The molecule has 2 rings (SSSR count). The van der Waals surface area contributed by atoms with Crippen LogP contribution in [0.5, 0.6) is 0 Å². The molecule has 1 aliphatic heterocycles. The van der Waals surface area contributed by atoms with Crippen LogP contribution in [0.2, 0.25) is 0 Å². The summed E-state index contributed by atoms with van der Waals surface area (Å²) in [6, 6.07) is 2.24. The van der Waals surface area contributed by atoms with Crippen LogP contribution in [0.25, 0.3) is 0 Å². The highest BCUT2D eigenvalue weighted by atomic mass is 16.5. The molecule has 0 atom stereocenters. The van der Waals surface area contributed by atoms with E-state index in [2.05, 4.69) is 10.1 Å². The quantitative estimate of drug-likeness (QED) is 0.640. The van der Waals surface area contributed by atoms with E-state index in [4.69, 9.17) is 10.3 Å². The Morgan fingerprint density at radius 2 is 2.55 bits per heavy atom.